The van der Waals surface area contributed by atoms with Crippen molar-refractivity contribution in [1.82, 2.24) is 5.32 Å². The molecule has 106 valence electrons. The zero-order valence-electron chi connectivity index (χ0n) is 11.6. The Balaban J connectivity index is 2.54. The zero-order chi connectivity index (χ0) is 14.5. The molecule has 1 aromatic carbocycles. The Morgan fingerprint density at radius 2 is 1.95 bits per heavy atom. The first kappa shape index (κ1) is 15.3. The molecule has 0 spiro atoms. The lowest BCUT2D eigenvalue weighted by Gasteiger charge is -2.22. The van der Waals surface area contributed by atoms with E-state index < -0.39 is 11.7 Å². The molecule has 1 atom stereocenters. The van der Waals surface area contributed by atoms with Crippen LogP contribution in [0.1, 0.15) is 26.3 Å². The van der Waals surface area contributed by atoms with Gasteiger partial charge in [0.2, 0.25) is 0 Å². The molecule has 0 heterocycles. The molecule has 0 fully saturated rings. The molecule has 5 nitrogen and oxygen atoms in total. The van der Waals surface area contributed by atoms with Gasteiger partial charge in [-0.2, -0.15) is 0 Å². The van der Waals surface area contributed by atoms with Crippen molar-refractivity contribution in [2.75, 3.05) is 12.3 Å². The minimum absolute atomic E-state index is 0.149. The van der Waals surface area contributed by atoms with Crippen molar-refractivity contribution >= 4 is 11.8 Å². The van der Waals surface area contributed by atoms with E-state index in [1.165, 1.54) is 0 Å². The molecule has 0 aliphatic carbocycles. The second kappa shape index (κ2) is 6.43. The van der Waals surface area contributed by atoms with Crippen molar-refractivity contribution in [3.63, 3.8) is 0 Å². The van der Waals surface area contributed by atoms with Gasteiger partial charge in [0.25, 0.3) is 0 Å². The highest BCUT2D eigenvalue weighted by Crippen LogP contribution is 2.10. The van der Waals surface area contributed by atoms with Gasteiger partial charge in [-0.25, -0.2) is 4.79 Å². The van der Waals surface area contributed by atoms with E-state index in [9.17, 15) is 9.90 Å². The third-order valence-electron chi connectivity index (χ3n) is 2.40. The summed E-state index contributed by atoms with van der Waals surface area (Å²) in [6.45, 7) is 5.23. The summed E-state index contributed by atoms with van der Waals surface area (Å²) in [7, 11) is 0. The number of rotatable bonds is 4. The lowest BCUT2D eigenvalue weighted by atomic mass is 10.1. The number of aliphatic hydroxyl groups excluding tert-OH is 1. The van der Waals surface area contributed by atoms with E-state index in [4.69, 9.17) is 10.5 Å². The fraction of sp³-hybridized carbons (Fsp3) is 0.500. The van der Waals surface area contributed by atoms with Gasteiger partial charge >= 0.3 is 6.09 Å². The van der Waals surface area contributed by atoms with Crippen molar-refractivity contribution in [2.24, 2.45) is 0 Å². The second-order valence-electron chi connectivity index (χ2n) is 5.47. The van der Waals surface area contributed by atoms with Crippen LogP contribution in [0.4, 0.5) is 10.5 Å². The quantitative estimate of drug-likeness (QED) is 0.724. The fourth-order valence-corrected chi connectivity index (χ4v) is 1.57. The summed E-state index contributed by atoms with van der Waals surface area (Å²) in [5.74, 6) is 0. The van der Waals surface area contributed by atoms with Gasteiger partial charge in [0.05, 0.1) is 12.6 Å². The number of ether oxygens (including phenoxy) is 1. The minimum Gasteiger partial charge on any atom is -0.444 e. The van der Waals surface area contributed by atoms with Crippen LogP contribution >= 0.6 is 0 Å². The van der Waals surface area contributed by atoms with Crippen LogP contribution in [0.2, 0.25) is 0 Å². The number of hydrogen-bond donors (Lipinski definition) is 3. The molecule has 1 rings (SSSR count). The van der Waals surface area contributed by atoms with Gasteiger partial charge in [0.1, 0.15) is 5.60 Å². The van der Waals surface area contributed by atoms with E-state index >= 15 is 0 Å². The summed E-state index contributed by atoms with van der Waals surface area (Å²) in [6.07, 6.45) is -0.00210. The van der Waals surface area contributed by atoms with Crippen LogP contribution in [-0.4, -0.2) is 29.4 Å². The van der Waals surface area contributed by atoms with Gasteiger partial charge < -0.3 is 20.9 Å². The first-order valence-corrected chi connectivity index (χ1v) is 6.25. The molecule has 5 heteroatoms. The van der Waals surface area contributed by atoms with E-state index in [-0.39, 0.29) is 12.6 Å². The van der Waals surface area contributed by atoms with Crippen molar-refractivity contribution in [2.45, 2.75) is 38.8 Å². The highest BCUT2D eigenvalue weighted by Gasteiger charge is 2.19. The molecular formula is C14H22N2O3. The molecule has 1 aromatic rings. The maximum Gasteiger partial charge on any atom is 0.407 e. The number of benzene rings is 1. The predicted molar refractivity (Wildman–Crippen MR) is 74.8 cm³/mol. The Kier molecular flexibility index (Phi) is 5.18. The van der Waals surface area contributed by atoms with E-state index in [0.717, 1.165) is 5.56 Å². The van der Waals surface area contributed by atoms with Crippen LogP contribution < -0.4 is 11.1 Å². The Hall–Kier alpha value is -1.75. The molecule has 4 N–H and O–H groups in total. The van der Waals surface area contributed by atoms with E-state index in [0.29, 0.717) is 12.1 Å². The van der Waals surface area contributed by atoms with Gasteiger partial charge in [-0.1, -0.05) is 12.1 Å². The number of alkyl carbamates (subject to hydrolysis) is 1. The number of aliphatic hydroxyl groups is 1. The van der Waals surface area contributed by atoms with Crippen LogP contribution in [0.15, 0.2) is 24.3 Å². The summed E-state index contributed by atoms with van der Waals surface area (Å²) in [5, 5.41) is 11.9. The van der Waals surface area contributed by atoms with Crippen LogP contribution in [0, 0.1) is 0 Å². The number of hydrogen-bond acceptors (Lipinski definition) is 4. The number of anilines is 1. The number of amides is 1. The molecule has 0 saturated carbocycles. The number of carbonyl (C=O) groups excluding carboxylic acids is 1. The average molecular weight is 266 g/mol. The maximum atomic E-state index is 11.6. The summed E-state index contributed by atoms with van der Waals surface area (Å²) in [6, 6.07) is 6.94. The highest BCUT2D eigenvalue weighted by atomic mass is 16.6. The minimum atomic E-state index is -0.550. The highest BCUT2D eigenvalue weighted by molar-refractivity contribution is 5.68. The summed E-state index contributed by atoms with van der Waals surface area (Å²) in [4.78, 5) is 11.6. The van der Waals surface area contributed by atoms with Gasteiger partial charge in [-0.15, -0.1) is 0 Å². The molecule has 1 amide bonds. The largest absolute Gasteiger partial charge is 0.444 e. The van der Waals surface area contributed by atoms with Crippen molar-refractivity contribution in [1.29, 1.82) is 0 Å². The zero-order valence-corrected chi connectivity index (χ0v) is 11.6. The first-order valence-electron chi connectivity index (χ1n) is 6.25. The van der Waals surface area contributed by atoms with Crippen LogP contribution in [0.5, 0.6) is 0 Å². The molecule has 19 heavy (non-hydrogen) atoms. The summed E-state index contributed by atoms with van der Waals surface area (Å²) < 4.78 is 5.15. The molecule has 0 radical (unpaired) electrons. The molecular weight excluding hydrogens is 244 g/mol. The lowest BCUT2D eigenvalue weighted by molar-refractivity contribution is 0.0483. The standard InChI is InChI=1S/C14H22N2O3/c1-14(2,3)19-13(18)16-12(9-17)8-10-4-6-11(15)7-5-10/h4-7,12,17H,8-9,15H2,1-3H3,(H,16,18). The van der Waals surface area contributed by atoms with E-state index in [1.807, 2.05) is 12.1 Å². The SMILES string of the molecule is CC(C)(C)OC(=O)NC(CO)Cc1ccc(N)cc1. The molecule has 1 unspecified atom stereocenters. The molecule has 0 bridgehead atoms. The molecule has 0 saturated heterocycles. The monoisotopic (exact) mass is 266 g/mol. The summed E-state index contributed by atoms with van der Waals surface area (Å²) in [5.41, 5.74) is 6.73. The third kappa shape index (κ3) is 6.10. The molecule has 0 aliphatic heterocycles. The van der Waals surface area contributed by atoms with Gasteiger partial charge in [0, 0.05) is 5.69 Å². The van der Waals surface area contributed by atoms with Crippen molar-refractivity contribution < 1.29 is 14.6 Å². The van der Waals surface area contributed by atoms with E-state index in [2.05, 4.69) is 5.32 Å². The van der Waals surface area contributed by atoms with Gasteiger partial charge in [-0.3, -0.25) is 0 Å². The predicted octanol–water partition coefficient (Wildman–Crippen LogP) is 1.70. The number of nitrogens with two attached hydrogens (primary N) is 1. The summed E-state index contributed by atoms with van der Waals surface area (Å²) >= 11 is 0. The van der Waals surface area contributed by atoms with Crippen LogP contribution in [-0.2, 0) is 11.2 Å². The second-order valence-corrected chi connectivity index (χ2v) is 5.47. The normalized spacial score (nSPS) is 12.8. The van der Waals surface area contributed by atoms with Crippen LogP contribution in [0.3, 0.4) is 0 Å². The Morgan fingerprint density at radius 3 is 2.42 bits per heavy atom. The fourth-order valence-electron chi connectivity index (χ4n) is 1.57. The van der Waals surface area contributed by atoms with Gasteiger partial charge in [-0.05, 0) is 44.9 Å². The number of nitrogen functional groups attached to an aromatic ring is 1. The Labute approximate surface area is 113 Å². The maximum absolute atomic E-state index is 11.6. The number of nitrogens with one attached hydrogen (secondary N) is 1. The smallest absolute Gasteiger partial charge is 0.407 e. The van der Waals surface area contributed by atoms with Crippen molar-refractivity contribution in [3.8, 4) is 0 Å². The third-order valence-corrected chi connectivity index (χ3v) is 2.40. The van der Waals surface area contributed by atoms with Gasteiger partial charge in [0.15, 0.2) is 0 Å². The average Bonchev–Trinajstić information content (AvgIpc) is 2.28. The van der Waals surface area contributed by atoms with E-state index in [1.54, 1.807) is 32.9 Å². The number of carbonyl (C=O) groups is 1. The molecule has 0 aliphatic rings. The lowest BCUT2D eigenvalue weighted by Crippen LogP contribution is -2.42. The van der Waals surface area contributed by atoms with Crippen molar-refractivity contribution in [3.05, 3.63) is 29.8 Å². The topological polar surface area (TPSA) is 84.6 Å². The first-order chi connectivity index (χ1) is 8.80. The van der Waals surface area contributed by atoms with Crippen LogP contribution in [0.25, 0.3) is 0 Å². The molecule has 0 aromatic heterocycles. The Bertz CT molecular complexity index is 410. The Morgan fingerprint density at radius 1 is 1.37 bits per heavy atom.